The highest BCUT2D eigenvalue weighted by Gasteiger charge is 2.14. The van der Waals surface area contributed by atoms with Crippen LogP contribution in [0.3, 0.4) is 0 Å². The minimum absolute atomic E-state index is 0.250. The molecular weight excluding hydrogens is 224 g/mol. The highest BCUT2D eigenvalue weighted by atomic mass is 16.5. The minimum Gasteiger partial charge on any atom is -0.432 e. The smallest absolute Gasteiger partial charge is 0.373 e. The molecule has 1 heterocycles. The molecule has 0 amide bonds. The summed E-state index contributed by atoms with van der Waals surface area (Å²) in [5.74, 6) is 0. The van der Waals surface area contributed by atoms with Crippen LogP contribution >= 0.6 is 0 Å². The second-order valence-corrected chi connectivity index (χ2v) is 3.47. The zero-order valence-electron chi connectivity index (χ0n) is 10.6. The quantitative estimate of drug-likeness (QED) is 0.770. The summed E-state index contributed by atoms with van der Waals surface area (Å²) in [6.07, 6.45) is 2.85. The molecule has 0 N–H and O–H groups in total. The minimum atomic E-state index is 0.250. The Bertz CT molecular complexity index is 345. The van der Waals surface area contributed by atoms with Gasteiger partial charge in [-0.2, -0.15) is 14.6 Å². The maximum Gasteiger partial charge on any atom is 0.373 e. The second-order valence-electron chi connectivity index (χ2n) is 3.47. The fourth-order valence-corrected chi connectivity index (χ4v) is 1.16. The number of likely N-dealkylation sites (N-methyl/N-ethyl adjacent to an activating group) is 1. The third kappa shape index (κ3) is 5.29. The first kappa shape index (κ1) is 15.3. The molecule has 0 aromatic carbocycles. The zero-order valence-corrected chi connectivity index (χ0v) is 10.6. The molecule has 0 fully saturated rings. The van der Waals surface area contributed by atoms with Crippen LogP contribution in [0, 0.1) is 0 Å². The maximum atomic E-state index is 8.12. The van der Waals surface area contributed by atoms with E-state index in [1.54, 1.807) is 13.4 Å². The standard InChI is InChI=1S/C10H18N2O2.CO2/c1-5-9-7-14-10(11-9)12(3)8(2)6-13-4;2-1-3/h7-8H,5-6H2,1-4H3;/t8-;/m1./s1. The average Bonchev–Trinajstić information content (AvgIpc) is 2.78. The molecule has 1 aromatic rings. The molecule has 0 aliphatic heterocycles. The van der Waals surface area contributed by atoms with Crippen molar-refractivity contribution in [2.45, 2.75) is 26.3 Å². The number of oxazole rings is 1. The molecule has 0 aliphatic rings. The van der Waals surface area contributed by atoms with E-state index in [4.69, 9.17) is 18.7 Å². The van der Waals surface area contributed by atoms with Crippen molar-refractivity contribution in [2.75, 3.05) is 25.7 Å². The van der Waals surface area contributed by atoms with Gasteiger partial charge in [-0.05, 0) is 13.3 Å². The lowest BCUT2D eigenvalue weighted by Crippen LogP contribution is -2.32. The highest BCUT2D eigenvalue weighted by Crippen LogP contribution is 2.14. The number of hydrogen-bond acceptors (Lipinski definition) is 6. The Morgan fingerprint density at radius 2 is 2.18 bits per heavy atom. The number of nitrogens with zero attached hydrogens (tertiary/aromatic N) is 2. The van der Waals surface area contributed by atoms with E-state index in [2.05, 4.69) is 18.8 Å². The number of aromatic nitrogens is 1. The Labute approximate surface area is 101 Å². The largest absolute Gasteiger partial charge is 0.432 e. The van der Waals surface area contributed by atoms with Gasteiger partial charge in [0.1, 0.15) is 6.26 Å². The third-order valence-corrected chi connectivity index (χ3v) is 2.27. The van der Waals surface area contributed by atoms with Crippen LogP contribution in [0.5, 0.6) is 0 Å². The predicted octanol–water partition coefficient (Wildman–Crippen LogP) is 1.12. The van der Waals surface area contributed by atoms with E-state index in [0.717, 1.165) is 12.1 Å². The van der Waals surface area contributed by atoms with Crippen molar-refractivity contribution >= 4 is 12.2 Å². The Morgan fingerprint density at radius 3 is 2.59 bits per heavy atom. The van der Waals surface area contributed by atoms with Gasteiger partial charge >= 0.3 is 6.15 Å². The molecule has 0 saturated heterocycles. The number of ether oxygens (including phenoxy) is 1. The van der Waals surface area contributed by atoms with Crippen molar-refractivity contribution in [1.82, 2.24) is 4.98 Å². The van der Waals surface area contributed by atoms with Gasteiger partial charge in [0, 0.05) is 14.2 Å². The fraction of sp³-hybridized carbons (Fsp3) is 0.636. The molecule has 96 valence electrons. The van der Waals surface area contributed by atoms with Gasteiger partial charge in [0.25, 0.3) is 6.01 Å². The van der Waals surface area contributed by atoms with Gasteiger partial charge in [-0.3, -0.25) is 0 Å². The van der Waals surface area contributed by atoms with Crippen LogP contribution in [-0.2, 0) is 20.7 Å². The van der Waals surface area contributed by atoms with Crippen molar-refractivity contribution in [1.29, 1.82) is 0 Å². The lowest BCUT2D eigenvalue weighted by atomic mass is 10.3. The summed E-state index contributed by atoms with van der Waals surface area (Å²) >= 11 is 0. The molecule has 0 spiro atoms. The molecule has 1 rings (SSSR count). The van der Waals surface area contributed by atoms with Crippen molar-refractivity contribution in [3.63, 3.8) is 0 Å². The van der Waals surface area contributed by atoms with Crippen molar-refractivity contribution in [3.8, 4) is 0 Å². The summed E-state index contributed by atoms with van der Waals surface area (Å²) in [6, 6.07) is 0.926. The molecule has 0 radical (unpaired) electrons. The van der Waals surface area contributed by atoms with Crippen LogP contribution in [0.2, 0.25) is 0 Å². The third-order valence-electron chi connectivity index (χ3n) is 2.27. The van der Waals surface area contributed by atoms with Crippen LogP contribution in [0.25, 0.3) is 0 Å². The Morgan fingerprint density at radius 1 is 1.59 bits per heavy atom. The molecule has 0 unspecified atom stereocenters. The van der Waals surface area contributed by atoms with Gasteiger partial charge in [-0.1, -0.05) is 6.92 Å². The number of hydrogen-bond donors (Lipinski definition) is 0. The normalized spacial score (nSPS) is 11.1. The Hall–Kier alpha value is -1.65. The van der Waals surface area contributed by atoms with E-state index in [1.165, 1.54) is 0 Å². The summed E-state index contributed by atoms with van der Waals surface area (Å²) in [4.78, 5) is 22.6. The van der Waals surface area contributed by atoms with Gasteiger partial charge in [-0.25, -0.2) is 0 Å². The van der Waals surface area contributed by atoms with Crippen molar-refractivity contribution < 1.29 is 18.7 Å². The maximum absolute atomic E-state index is 8.12. The average molecular weight is 242 g/mol. The zero-order chi connectivity index (χ0) is 13.3. The lowest BCUT2D eigenvalue weighted by Gasteiger charge is -2.21. The first-order valence-corrected chi connectivity index (χ1v) is 5.26. The number of rotatable bonds is 5. The van der Waals surface area contributed by atoms with Crippen LogP contribution in [-0.4, -0.2) is 37.9 Å². The van der Waals surface area contributed by atoms with Gasteiger partial charge in [0.05, 0.1) is 18.3 Å². The van der Waals surface area contributed by atoms with E-state index >= 15 is 0 Å². The van der Waals surface area contributed by atoms with E-state index in [1.807, 2.05) is 11.9 Å². The number of aryl methyl sites for hydroxylation is 1. The van der Waals surface area contributed by atoms with Crippen molar-refractivity contribution in [3.05, 3.63) is 12.0 Å². The molecule has 0 aliphatic carbocycles. The molecule has 1 atom stereocenters. The summed E-state index contributed by atoms with van der Waals surface area (Å²) in [5, 5.41) is 0. The SMILES string of the molecule is CCc1coc(N(C)[C@H](C)COC)n1.O=C=O. The monoisotopic (exact) mass is 242 g/mol. The molecule has 6 heteroatoms. The molecule has 0 saturated carbocycles. The van der Waals surface area contributed by atoms with Crippen LogP contribution in [0.15, 0.2) is 10.7 Å². The number of carbonyl (C=O) groups excluding carboxylic acids is 2. The van der Waals surface area contributed by atoms with Crippen LogP contribution < -0.4 is 4.90 Å². The van der Waals surface area contributed by atoms with Gasteiger partial charge < -0.3 is 14.1 Å². The molecular formula is C11H18N2O4. The summed E-state index contributed by atoms with van der Waals surface area (Å²) < 4.78 is 10.4. The molecule has 0 bridgehead atoms. The topological polar surface area (TPSA) is 72.6 Å². The highest BCUT2D eigenvalue weighted by molar-refractivity contribution is 5.27. The van der Waals surface area contributed by atoms with Crippen molar-refractivity contribution in [2.24, 2.45) is 0 Å². The van der Waals surface area contributed by atoms with E-state index in [9.17, 15) is 0 Å². The van der Waals surface area contributed by atoms with E-state index in [0.29, 0.717) is 12.6 Å². The summed E-state index contributed by atoms with van der Waals surface area (Å²) in [7, 11) is 3.65. The molecule has 6 nitrogen and oxygen atoms in total. The summed E-state index contributed by atoms with van der Waals surface area (Å²) in [5.41, 5.74) is 0.983. The van der Waals surface area contributed by atoms with E-state index in [-0.39, 0.29) is 12.2 Å². The van der Waals surface area contributed by atoms with Gasteiger partial charge in [0.2, 0.25) is 0 Å². The van der Waals surface area contributed by atoms with Crippen LogP contribution in [0.1, 0.15) is 19.5 Å². The molecule has 1 aromatic heterocycles. The van der Waals surface area contributed by atoms with Crippen LogP contribution in [0.4, 0.5) is 6.01 Å². The first-order valence-electron chi connectivity index (χ1n) is 5.26. The lowest BCUT2D eigenvalue weighted by molar-refractivity contribution is -0.191. The first-order chi connectivity index (χ1) is 8.10. The fourth-order valence-electron chi connectivity index (χ4n) is 1.16. The number of anilines is 1. The second kappa shape index (κ2) is 8.50. The molecule has 17 heavy (non-hydrogen) atoms. The van der Waals surface area contributed by atoms with E-state index < -0.39 is 0 Å². The predicted molar refractivity (Wildman–Crippen MR) is 60.6 cm³/mol. The Balaban J connectivity index is 0.000000770. The van der Waals surface area contributed by atoms with Gasteiger partial charge in [-0.15, -0.1) is 0 Å². The summed E-state index contributed by atoms with van der Waals surface area (Å²) in [6.45, 7) is 4.79. The number of methoxy groups -OCH3 is 1. The Kier molecular flexibility index (Phi) is 7.67. The van der Waals surface area contributed by atoms with Gasteiger partial charge in [0.15, 0.2) is 0 Å².